The van der Waals surface area contributed by atoms with Gasteiger partial charge in [-0.1, -0.05) is 24.3 Å². The monoisotopic (exact) mass is 691 g/mol. The van der Waals surface area contributed by atoms with Crippen LogP contribution in [0.2, 0.25) is 0 Å². The zero-order valence-corrected chi connectivity index (χ0v) is 29.5. The van der Waals surface area contributed by atoms with Crippen LogP contribution in [0.25, 0.3) is 0 Å². The Morgan fingerprint density at radius 3 is 2.68 bits per heavy atom. The highest BCUT2D eigenvalue weighted by Gasteiger charge is 2.37. The Morgan fingerprint density at radius 1 is 1.06 bits per heavy atom. The number of carbonyl (C=O) groups excluding carboxylic acids is 2. The third-order valence-electron chi connectivity index (χ3n) is 11.5. The molecule has 0 amide bonds. The number of rotatable bonds is 15. The Bertz CT molecular complexity index is 1460. The number of benzene rings is 1. The largest absolute Gasteiger partial charge is 0.504 e. The van der Waals surface area contributed by atoms with Gasteiger partial charge in [0.15, 0.2) is 17.3 Å². The van der Waals surface area contributed by atoms with E-state index < -0.39 is 18.1 Å². The molecule has 0 spiro atoms. The minimum absolute atomic E-state index is 0.000994. The van der Waals surface area contributed by atoms with E-state index in [2.05, 4.69) is 28.6 Å². The van der Waals surface area contributed by atoms with Crippen molar-refractivity contribution in [1.82, 2.24) is 10.6 Å². The number of hydrogen-bond acceptors (Lipinski definition) is 10. The number of carbonyl (C=O) groups is 2. The molecule has 1 aromatic rings. The van der Waals surface area contributed by atoms with Gasteiger partial charge in [0, 0.05) is 44.4 Å². The number of ether oxygens (including phenoxy) is 1. The molecule has 2 aliphatic carbocycles. The molecule has 2 aliphatic heterocycles. The zero-order chi connectivity index (χ0) is 35.6. The van der Waals surface area contributed by atoms with Crippen molar-refractivity contribution >= 4 is 11.6 Å². The van der Waals surface area contributed by atoms with Crippen molar-refractivity contribution in [2.45, 2.75) is 114 Å². The van der Waals surface area contributed by atoms with Crippen LogP contribution in [-0.4, -0.2) is 77.0 Å². The lowest BCUT2D eigenvalue weighted by molar-refractivity contribution is -0.124. The molecule has 1 saturated carbocycles. The van der Waals surface area contributed by atoms with Crippen molar-refractivity contribution in [1.29, 1.82) is 0 Å². The summed E-state index contributed by atoms with van der Waals surface area (Å²) in [5.41, 5.74) is 8.68. The van der Waals surface area contributed by atoms with Gasteiger partial charge in [-0.2, -0.15) is 0 Å². The number of phenols is 1. The fraction of sp³-hybridized carbons (Fsp3) is 0.650. The SMILES string of the molecule is COc1cc2c(cc1O)[C@H](CC[C@H](O)CCC1=CCNC(N)=C1)C#C[C@H]([C@H](O)CCC[C@H](CCO)[C@@H]1CN[C@@H]3CC(=O)CC[C@@H]3C1)C(=O)CC2. The fourth-order valence-corrected chi connectivity index (χ4v) is 8.51. The van der Waals surface area contributed by atoms with Crippen LogP contribution in [0, 0.1) is 35.5 Å². The highest BCUT2D eigenvalue weighted by Crippen LogP contribution is 2.38. The van der Waals surface area contributed by atoms with Crippen LogP contribution in [-0.2, 0) is 16.0 Å². The minimum atomic E-state index is -0.919. The van der Waals surface area contributed by atoms with Crippen molar-refractivity contribution in [2.75, 3.05) is 26.8 Å². The third kappa shape index (κ3) is 10.1. The van der Waals surface area contributed by atoms with Gasteiger partial charge < -0.3 is 41.5 Å². The topological polar surface area (TPSA) is 174 Å². The summed E-state index contributed by atoms with van der Waals surface area (Å²) in [5, 5.41) is 49.6. The molecule has 274 valence electrons. The van der Waals surface area contributed by atoms with E-state index in [1.165, 1.54) is 7.11 Å². The lowest BCUT2D eigenvalue weighted by Crippen LogP contribution is -2.50. The first-order valence-electron chi connectivity index (χ1n) is 18.7. The Kier molecular flexibility index (Phi) is 13.8. The van der Waals surface area contributed by atoms with Gasteiger partial charge >= 0.3 is 0 Å². The maximum absolute atomic E-state index is 13.6. The molecule has 5 rings (SSSR count). The summed E-state index contributed by atoms with van der Waals surface area (Å²) >= 11 is 0. The first kappa shape index (κ1) is 37.9. The van der Waals surface area contributed by atoms with Gasteiger partial charge in [0.25, 0.3) is 0 Å². The molecule has 10 heteroatoms. The first-order valence-corrected chi connectivity index (χ1v) is 18.7. The number of fused-ring (bicyclic) bond motifs is 2. The molecule has 0 bridgehead atoms. The maximum Gasteiger partial charge on any atom is 0.160 e. The Labute approximate surface area is 296 Å². The smallest absolute Gasteiger partial charge is 0.160 e. The molecule has 0 radical (unpaired) electrons. The second kappa shape index (κ2) is 18.2. The fourth-order valence-electron chi connectivity index (χ4n) is 8.51. The quantitative estimate of drug-likeness (QED) is 0.134. The van der Waals surface area contributed by atoms with Crippen LogP contribution in [0.4, 0.5) is 0 Å². The van der Waals surface area contributed by atoms with Crippen molar-refractivity contribution in [3.8, 4) is 23.3 Å². The molecule has 10 nitrogen and oxygen atoms in total. The first-order chi connectivity index (χ1) is 24.1. The maximum atomic E-state index is 13.6. The molecule has 1 saturated heterocycles. The highest BCUT2D eigenvalue weighted by molar-refractivity contribution is 5.85. The molecule has 2 fully saturated rings. The normalized spacial score (nSPS) is 27.0. The molecule has 0 unspecified atom stereocenters. The second-order valence-electron chi connectivity index (χ2n) is 14.9. The molecule has 8 N–H and O–H groups in total. The summed E-state index contributed by atoms with van der Waals surface area (Å²) in [6.07, 6.45) is 11.4. The van der Waals surface area contributed by atoms with E-state index in [0.717, 1.165) is 42.5 Å². The van der Waals surface area contributed by atoms with Crippen LogP contribution >= 0.6 is 0 Å². The van der Waals surface area contributed by atoms with Crippen LogP contribution in [0.15, 0.2) is 35.7 Å². The number of hydrogen-bond donors (Lipinski definition) is 7. The molecular formula is C40H57N3O7. The van der Waals surface area contributed by atoms with Gasteiger partial charge in [0.2, 0.25) is 0 Å². The van der Waals surface area contributed by atoms with E-state index in [1.54, 1.807) is 12.1 Å². The summed E-state index contributed by atoms with van der Waals surface area (Å²) in [6.45, 7) is 1.63. The number of phenolic OH excluding ortho intramolecular Hbond substituents is 1. The minimum Gasteiger partial charge on any atom is -0.504 e. The molecular weight excluding hydrogens is 634 g/mol. The summed E-state index contributed by atoms with van der Waals surface area (Å²) in [7, 11) is 1.49. The van der Waals surface area contributed by atoms with Crippen molar-refractivity contribution in [2.24, 2.45) is 29.4 Å². The highest BCUT2D eigenvalue weighted by atomic mass is 16.5. The number of methoxy groups -OCH3 is 1. The number of aryl methyl sites for hydroxylation is 1. The molecule has 4 aliphatic rings. The van der Waals surface area contributed by atoms with E-state index >= 15 is 0 Å². The predicted octanol–water partition coefficient (Wildman–Crippen LogP) is 3.75. The zero-order valence-electron chi connectivity index (χ0n) is 29.5. The number of piperidine rings is 1. The van der Waals surface area contributed by atoms with Crippen LogP contribution in [0.1, 0.15) is 101 Å². The van der Waals surface area contributed by atoms with E-state index in [1.807, 2.05) is 6.08 Å². The number of nitrogens with two attached hydrogens (primary N) is 1. The van der Waals surface area contributed by atoms with Crippen molar-refractivity contribution < 1.29 is 34.8 Å². The number of Topliss-reactive ketones (excluding diaryl/α,β-unsaturated/α-hetero) is 2. The number of aliphatic hydroxyl groups is 3. The van der Waals surface area contributed by atoms with Gasteiger partial charge in [-0.05, 0) is 123 Å². The summed E-state index contributed by atoms with van der Waals surface area (Å²) in [4.78, 5) is 25.5. The lowest BCUT2D eigenvalue weighted by Gasteiger charge is -2.42. The number of aromatic hydroxyl groups is 1. The van der Waals surface area contributed by atoms with Gasteiger partial charge in [0.05, 0.1) is 25.1 Å². The van der Waals surface area contributed by atoms with E-state index in [0.29, 0.717) is 106 Å². The van der Waals surface area contributed by atoms with E-state index in [9.17, 15) is 30.0 Å². The van der Waals surface area contributed by atoms with Crippen LogP contribution < -0.4 is 21.1 Å². The molecule has 0 aromatic heterocycles. The van der Waals surface area contributed by atoms with Crippen LogP contribution in [0.5, 0.6) is 11.5 Å². The average molecular weight is 692 g/mol. The standard InChI is InChI=1S/C40H57N3O7/c1-50-39-21-28-9-14-37(48)33(36(47)4-2-3-26(16-18-44)30-20-29-7-12-32(46)22-35(29)43-24-30)13-8-27(34(28)23-38(39)49)6-11-31(45)10-5-25-15-17-42-40(41)19-25/h15,19,21,23,26-27,29-31,33,35-36,42-45,47,49H,2-7,9-12,14,16-18,20,22,24,41H2,1H3/t26-,27-,29-,30+,31-,33-,35-,36-/m1/s1. The van der Waals surface area contributed by atoms with Gasteiger partial charge in [-0.3, -0.25) is 9.59 Å². The van der Waals surface area contributed by atoms with Crippen LogP contribution in [0.3, 0.4) is 0 Å². The van der Waals surface area contributed by atoms with Crippen molar-refractivity contribution in [3.05, 3.63) is 46.8 Å². The van der Waals surface area contributed by atoms with E-state index in [-0.39, 0.29) is 36.5 Å². The predicted molar refractivity (Wildman–Crippen MR) is 192 cm³/mol. The van der Waals surface area contributed by atoms with E-state index in [4.69, 9.17) is 10.5 Å². The number of dihydropyridines is 1. The van der Waals surface area contributed by atoms with Gasteiger partial charge in [0.1, 0.15) is 11.7 Å². The Hall–Kier alpha value is -3.36. The summed E-state index contributed by atoms with van der Waals surface area (Å²) in [5.74, 6) is 7.69. The van der Waals surface area contributed by atoms with Gasteiger partial charge in [-0.15, -0.1) is 0 Å². The Balaban J connectivity index is 1.23. The second-order valence-corrected chi connectivity index (χ2v) is 14.9. The number of allylic oxidation sites excluding steroid dienone is 2. The summed E-state index contributed by atoms with van der Waals surface area (Å²) < 4.78 is 5.38. The summed E-state index contributed by atoms with van der Waals surface area (Å²) in [6, 6.07) is 3.72. The third-order valence-corrected chi connectivity index (χ3v) is 11.5. The average Bonchev–Trinajstić information content (AvgIpc) is 3.16. The molecule has 8 atom stereocenters. The molecule has 2 heterocycles. The number of aliphatic hydroxyl groups excluding tert-OH is 3. The Morgan fingerprint density at radius 2 is 1.90 bits per heavy atom. The van der Waals surface area contributed by atoms with Crippen molar-refractivity contribution in [3.63, 3.8) is 0 Å². The van der Waals surface area contributed by atoms with Gasteiger partial charge in [-0.25, -0.2) is 0 Å². The number of ketones is 2. The number of nitrogens with one attached hydrogen (secondary N) is 2. The lowest BCUT2D eigenvalue weighted by atomic mass is 9.71. The molecule has 1 aromatic carbocycles. The molecule has 50 heavy (non-hydrogen) atoms.